The summed E-state index contributed by atoms with van der Waals surface area (Å²) in [7, 11) is 12.5. The average Bonchev–Trinajstić information content (AvgIpc) is 1.71. The summed E-state index contributed by atoms with van der Waals surface area (Å²) in [5, 5.41) is 0. The van der Waals surface area contributed by atoms with Crippen LogP contribution in [0.15, 0.2) is 212 Å². The number of fused-ring (bicyclic) bond motifs is 7. The molecule has 7 aromatic carbocycles. The number of carbonyl (C=O) groups excluding carboxylic acids is 7. The quantitative estimate of drug-likeness (QED) is 0.0199. The molecule has 21 nitrogen and oxygen atoms in total. The van der Waals surface area contributed by atoms with Crippen molar-refractivity contribution in [2.75, 3.05) is 233 Å². The van der Waals surface area contributed by atoms with E-state index < -0.39 is 0 Å². The van der Waals surface area contributed by atoms with E-state index in [0.717, 1.165) is 260 Å². The normalized spacial score (nSPS) is 15.4. The zero-order chi connectivity index (χ0) is 108. The van der Waals surface area contributed by atoms with Gasteiger partial charge in [-0.05, 0) is 204 Å². The highest BCUT2D eigenvalue weighted by atomic mass is 16.6. The lowest BCUT2D eigenvalue weighted by Gasteiger charge is -2.37. The smallest absolute Gasteiger partial charge is 0.338 e. The number of rotatable bonds is 50. The number of unbranched alkanes of at least 4 members (excludes halogenated alkanes) is 1. The highest BCUT2D eigenvalue weighted by Crippen LogP contribution is 2.37. The maximum absolute atomic E-state index is 12.5. The predicted molar refractivity (Wildman–Crippen MR) is 606 cm³/mol. The van der Waals surface area contributed by atoms with Gasteiger partial charge in [0.2, 0.25) is 0 Å². The zero-order valence-corrected chi connectivity index (χ0v) is 94.3. The molecule has 0 heterocycles. The Morgan fingerprint density at radius 3 is 0.682 bits per heavy atom. The molecule has 0 radical (unpaired) electrons. The van der Waals surface area contributed by atoms with Gasteiger partial charge in [0.25, 0.3) is 0 Å². The fraction of sp³-hybridized carbons (Fsp3) is 0.504. The molecule has 7 aromatic rings. The monoisotopic (exact) mass is 2030 g/mol. The fourth-order valence-electron chi connectivity index (χ4n) is 20.9. The molecule has 21 heteroatoms. The van der Waals surface area contributed by atoms with Crippen LogP contribution in [0.5, 0.6) is 0 Å². The van der Waals surface area contributed by atoms with Crippen molar-refractivity contribution in [3.63, 3.8) is 0 Å². The van der Waals surface area contributed by atoms with Crippen LogP contribution < -0.4 is 0 Å². The van der Waals surface area contributed by atoms with Crippen LogP contribution in [0.2, 0.25) is 0 Å². The second-order valence-corrected chi connectivity index (χ2v) is 42.3. The van der Waals surface area contributed by atoms with E-state index in [-0.39, 0.29) is 59.5 Å². The number of likely N-dealkylation sites (N-methyl/N-ethyl adjacent to an activating group) is 7. The van der Waals surface area contributed by atoms with Gasteiger partial charge in [-0.2, -0.15) is 0 Å². The molecule has 148 heavy (non-hydrogen) atoms. The summed E-state index contributed by atoms with van der Waals surface area (Å²) in [4.78, 5) is 85.8. The largest absolute Gasteiger partial charge is 0.459 e. The number of hydrogen-bond acceptors (Lipinski definition) is 14. The molecule has 7 aliphatic rings. The lowest BCUT2D eigenvalue weighted by molar-refractivity contribution is -0.926. The van der Waals surface area contributed by atoms with Gasteiger partial charge in [-0.15, -0.1) is 0 Å². The van der Waals surface area contributed by atoms with Gasteiger partial charge in [0.05, 0.1) is 163 Å². The molecular formula is C127H184N7O14+7. The molecule has 0 saturated carbocycles. The molecule has 4 unspecified atom stereocenters. The molecule has 14 rings (SSSR count). The van der Waals surface area contributed by atoms with Crippen molar-refractivity contribution < 1.29 is 98.1 Å². The number of esters is 7. The standard InChI is InChI=1S/C21H32NO2.2C20H30NO2.2C18H26NO2.2C15H20NO2/c1-4-7-15-22(6-3,14-5-2)16-17-24-21(23)20-13-12-18-10-8-9-11-19(18)20;2*1-4-13-21(6-3,14-5-2)15-16-23-20(22)19-12-11-17-9-7-8-10-18(17)19;2*1-4-19(5-2,6-3)13-14-21-18(20)17-12-11-15-9-7-8-10-16(15)17;2*1-16(2,3)10-11-18-15(17)14-9-8-12-6-4-5-7-13(12)14/h8-11,13H,4-7,12,14-17H2,1-3H3;7-10,12H,4-6,11,13-16H2,1-3H3;7-12,19H,4-6,13-16H2,1-3H3;7-10,12H,4-6,11,13-14H2,1-3H3;7-12,17H,4-6,13-14H2,1-3H3;4-7,9H,8,10-11H2,1-3H3;4-9,14H,10-11H2,1-3H3/q7*+1. The third-order valence-corrected chi connectivity index (χ3v) is 30.9. The zero-order valence-electron chi connectivity index (χ0n) is 94.3. The molecule has 7 aliphatic carbocycles. The lowest BCUT2D eigenvalue weighted by Crippen LogP contribution is -2.51. The Hall–Kier alpha value is -11.3. The Kier molecular flexibility index (Phi) is 50.9. The first kappa shape index (κ1) is 122. The molecule has 0 aromatic heterocycles. The van der Waals surface area contributed by atoms with E-state index in [1.165, 1.54) is 80.3 Å². The first-order valence-corrected chi connectivity index (χ1v) is 55.7. The number of allylic oxidation sites excluding steroid dienone is 4. The van der Waals surface area contributed by atoms with Crippen molar-refractivity contribution >= 4 is 82.3 Å². The predicted octanol–water partition coefficient (Wildman–Crippen LogP) is 22.2. The van der Waals surface area contributed by atoms with Crippen molar-refractivity contribution in [2.45, 2.75) is 192 Å². The van der Waals surface area contributed by atoms with Crippen LogP contribution in [0, 0.1) is 0 Å². The first-order valence-electron chi connectivity index (χ1n) is 55.7. The Morgan fingerprint density at radius 2 is 0.446 bits per heavy atom. The average molecular weight is 2030 g/mol. The molecule has 0 amide bonds. The summed E-state index contributed by atoms with van der Waals surface area (Å²) >= 11 is 0. The van der Waals surface area contributed by atoms with Crippen LogP contribution in [-0.4, -0.2) is 306 Å². The van der Waals surface area contributed by atoms with Crippen LogP contribution in [-0.2, 0) is 92.4 Å². The van der Waals surface area contributed by atoms with E-state index in [9.17, 15) is 33.6 Å². The van der Waals surface area contributed by atoms with Crippen molar-refractivity contribution in [3.05, 3.63) is 290 Å². The SMILES string of the molecule is CCCC[N+](CC)(CCC)CCOC(=O)C1=CCc2ccccc21.CCC[N+](CC)(CCC)CCOC(=O)C1=CCc2ccccc21.CCC[N+](CC)(CCC)CCOC(=O)C1C=Cc2ccccc21.CC[N+](CC)(CC)CCOC(=O)C1=CCc2ccccc21.CC[N+](CC)(CC)CCOC(=O)C1C=Cc2ccccc21.C[N+](C)(C)CCOC(=O)C1=CCc2ccccc21.C[N+](C)(C)CCOC(=O)C1C=Cc2ccccc21. The summed E-state index contributed by atoms with van der Waals surface area (Å²) in [5.74, 6) is -1.79. The van der Waals surface area contributed by atoms with E-state index in [0.29, 0.717) is 51.8 Å². The Balaban J connectivity index is 0.000000211. The van der Waals surface area contributed by atoms with Gasteiger partial charge < -0.3 is 64.5 Å². The van der Waals surface area contributed by atoms with Crippen molar-refractivity contribution in [1.82, 2.24) is 0 Å². The topological polar surface area (TPSA) is 184 Å². The summed E-state index contributed by atoms with van der Waals surface area (Å²) in [5.41, 5.74) is 18.5. The number of carbonyl (C=O) groups is 7. The van der Waals surface area contributed by atoms with Crippen molar-refractivity contribution in [1.29, 1.82) is 0 Å². The number of nitrogens with zero attached hydrogens (tertiary/aromatic N) is 7. The number of ether oxygens (including phenoxy) is 7. The molecule has 0 bridgehead atoms. The third kappa shape index (κ3) is 36.3. The highest BCUT2D eigenvalue weighted by Gasteiger charge is 2.35. The minimum atomic E-state index is -0.230. The molecule has 804 valence electrons. The minimum Gasteiger partial charge on any atom is -0.459 e. The molecule has 0 aliphatic heterocycles. The van der Waals surface area contributed by atoms with Gasteiger partial charge in [0.1, 0.15) is 110 Å². The Labute approximate surface area is 890 Å². The van der Waals surface area contributed by atoms with E-state index >= 15 is 0 Å². The molecular weight excluding hydrogens is 1850 g/mol. The summed E-state index contributed by atoms with van der Waals surface area (Å²) < 4.78 is 45.4. The van der Waals surface area contributed by atoms with Gasteiger partial charge in [-0.3, -0.25) is 14.4 Å². The van der Waals surface area contributed by atoms with Gasteiger partial charge in [-0.25, -0.2) is 19.2 Å². The summed E-state index contributed by atoms with van der Waals surface area (Å²) in [6, 6.07) is 56.2. The summed E-state index contributed by atoms with van der Waals surface area (Å²) in [6.07, 6.45) is 31.4. The maximum atomic E-state index is 12.5. The van der Waals surface area contributed by atoms with Crippen LogP contribution in [0.3, 0.4) is 0 Å². The van der Waals surface area contributed by atoms with E-state index in [1.807, 2.05) is 206 Å². The molecule has 0 N–H and O–H groups in total. The minimum absolute atomic E-state index is 0.117. The van der Waals surface area contributed by atoms with Gasteiger partial charge >= 0.3 is 41.8 Å². The molecule has 0 spiro atoms. The molecule has 4 atom stereocenters. The van der Waals surface area contributed by atoms with Crippen LogP contribution >= 0.6 is 0 Å². The highest BCUT2D eigenvalue weighted by molar-refractivity contribution is 6.20. The number of hydrogen-bond donors (Lipinski definition) is 0. The van der Waals surface area contributed by atoms with Gasteiger partial charge in [0.15, 0.2) is 0 Å². The maximum Gasteiger partial charge on any atom is 0.338 e. The molecule has 0 fully saturated rings. The van der Waals surface area contributed by atoms with E-state index in [4.69, 9.17) is 33.2 Å². The molecule has 0 saturated heterocycles. The summed E-state index contributed by atoms with van der Waals surface area (Å²) in [6.45, 7) is 59.7. The van der Waals surface area contributed by atoms with Gasteiger partial charge in [0, 0.05) is 0 Å². The van der Waals surface area contributed by atoms with Crippen LogP contribution in [0.4, 0.5) is 0 Å². The van der Waals surface area contributed by atoms with Crippen molar-refractivity contribution in [2.24, 2.45) is 0 Å². The Bertz CT molecular complexity index is 5570. The first-order chi connectivity index (χ1) is 71.2. The number of quaternary nitrogens is 7. The fourth-order valence-corrected chi connectivity index (χ4v) is 20.9. The second-order valence-electron chi connectivity index (χ2n) is 42.3. The third-order valence-electron chi connectivity index (χ3n) is 30.9. The number of benzene rings is 7. The lowest BCUT2D eigenvalue weighted by atomic mass is 10.0. The van der Waals surface area contributed by atoms with Crippen molar-refractivity contribution in [3.8, 4) is 0 Å². The van der Waals surface area contributed by atoms with E-state index in [2.05, 4.69) is 170 Å². The van der Waals surface area contributed by atoms with Crippen LogP contribution in [0.25, 0.3) is 40.5 Å². The second kappa shape index (κ2) is 61.8. The van der Waals surface area contributed by atoms with E-state index in [1.54, 1.807) is 0 Å². The van der Waals surface area contributed by atoms with Crippen LogP contribution in [0.1, 0.15) is 244 Å². The Morgan fingerprint density at radius 1 is 0.236 bits per heavy atom. The van der Waals surface area contributed by atoms with Gasteiger partial charge in [-0.1, -0.05) is 279 Å².